The van der Waals surface area contributed by atoms with Crippen LogP contribution in [0.2, 0.25) is 5.02 Å². The Labute approximate surface area is 136 Å². The van der Waals surface area contributed by atoms with Crippen LogP contribution >= 0.6 is 23.4 Å². The Bertz CT molecular complexity index is 492. The zero-order chi connectivity index (χ0) is 14.5. The topological polar surface area (TPSA) is 24.4 Å². The molecule has 114 valence electrons. The number of hydrogen-bond donors (Lipinski definition) is 1. The fourth-order valence-corrected chi connectivity index (χ4v) is 4.54. The van der Waals surface area contributed by atoms with Gasteiger partial charge in [0.2, 0.25) is 0 Å². The summed E-state index contributed by atoms with van der Waals surface area (Å²) < 4.78 is 0. The minimum absolute atomic E-state index is 0.518. The zero-order valence-corrected chi connectivity index (χ0v) is 14.0. The number of thioether (sulfide) groups is 1. The average molecular weight is 323 g/mol. The molecule has 1 aromatic rings. The van der Waals surface area contributed by atoms with Crippen molar-refractivity contribution in [2.45, 2.75) is 38.5 Å². The van der Waals surface area contributed by atoms with E-state index in [1.165, 1.54) is 43.4 Å². The van der Waals surface area contributed by atoms with Crippen molar-refractivity contribution in [1.29, 1.82) is 0 Å². The lowest BCUT2D eigenvalue weighted by Gasteiger charge is -2.38. The summed E-state index contributed by atoms with van der Waals surface area (Å²) in [6.45, 7) is 1.98. The van der Waals surface area contributed by atoms with Crippen LogP contribution in [0.4, 0.5) is 0 Å². The molecular formula is C17H23ClN2S. The van der Waals surface area contributed by atoms with E-state index in [1.54, 1.807) is 0 Å². The first-order valence-electron chi connectivity index (χ1n) is 7.91. The fourth-order valence-electron chi connectivity index (χ4n) is 3.23. The Hall–Kier alpha value is -0.670. The van der Waals surface area contributed by atoms with E-state index >= 15 is 0 Å². The van der Waals surface area contributed by atoms with Crippen LogP contribution in [0.1, 0.15) is 37.7 Å². The summed E-state index contributed by atoms with van der Waals surface area (Å²) in [6.07, 6.45) is 7.98. The van der Waals surface area contributed by atoms with Gasteiger partial charge >= 0.3 is 0 Å². The van der Waals surface area contributed by atoms with E-state index in [-0.39, 0.29) is 0 Å². The standard InChI is InChI=1S/C17H23ClN2S/c18-15-6-4-14(5-7-15)8-11-19-16-20-12-17(13-21-16)9-2-1-3-10-17/h4-7H,1-3,8-13H2,(H,19,20). The molecule has 1 spiro atoms. The van der Waals surface area contributed by atoms with E-state index in [2.05, 4.69) is 17.4 Å². The van der Waals surface area contributed by atoms with Crippen LogP contribution in [0.5, 0.6) is 0 Å². The highest BCUT2D eigenvalue weighted by molar-refractivity contribution is 8.13. The van der Waals surface area contributed by atoms with Crippen LogP contribution in [0.15, 0.2) is 29.3 Å². The summed E-state index contributed by atoms with van der Waals surface area (Å²) in [5, 5.41) is 5.43. The second-order valence-electron chi connectivity index (χ2n) is 6.27. The van der Waals surface area contributed by atoms with Crippen molar-refractivity contribution in [2.75, 3.05) is 18.8 Å². The van der Waals surface area contributed by atoms with Gasteiger partial charge in [-0.05, 0) is 42.4 Å². The molecule has 1 N–H and O–H groups in total. The molecule has 2 nitrogen and oxygen atoms in total. The molecular weight excluding hydrogens is 300 g/mol. The van der Waals surface area contributed by atoms with Crippen molar-refractivity contribution in [3.8, 4) is 0 Å². The summed E-state index contributed by atoms with van der Waals surface area (Å²) in [6, 6.07) is 8.10. The molecule has 0 bridgehead atoms. The molecule has 1 saturated carbocycles. The van der Waals surface area contributed by atoms with Gasteiger partial charge in [0.25, 0.3) is 0 Å². The lowest BCUT2D eigenvalue weighted by Crippen LogP contribution is -2.37. The van der Waals surface area contributed by atoms with Crippen molar-refractivity contribution in [2.24, 2.45) is 10.4 Å². The Balaban J connectivity index is 1.45. The second kappa shape index (κ2) is 7.06. The van der Waals surface area contributed by atoms with Crippen molar-refractivity contribution in [3.05, 3.63) is 34.9 Å². The molecule has 1 aromatic carbocycles. The van der Waals surface area contributed by atoms with Crippen LogP contribution in [0.25, 0.3) is 0 Å². The fraction of sp³-hybridized carbons (Fsp3) is 0.588. The predicted molar refractivity (Wildman–Crippen MR) is 93.4 cm³/mol. The lowest BCUT2D eigenvalue weighted by atomic mass is 9.75. The molecule has 0 amide bonds. The number of nitrogens with zero attached hydrogens (tertiary/aromatic N) is 1. The van der Waals surface area contributed by atoms with Gasteiger partial charge in [0.15, 0.2) is 5.17 Å². The van der Waals surface area contributed by atoms with Gasteiger partial charge in [0.1, 0.15) is 0 Å². The quantitative estimate of drug-likeness (QED) is 0.884. The van der Waals surface area contributed by atoms with Crippen molar-refractivity contribution in [3.63, 3.8) is 0 Å². The van der Waals surface area contributed by atoms with Crippen LogP contribution < -0.4 is 5.32 Å². The third-order valence-corrected chi connectivity index (χ3v) is 6.15. The largest absolute Gasteiger partial charge is 0.365 e. The summed E-state index contributed by atoms with van der Waals surface area (Å²) in [5.41, 5.74) is 1.83. The first-order chi connectivity index (χ1) is 10.3. The maximum atomic E-state index is 5.90. The normalized spacial score (nSPS) is 21.1. The number of amidine groups is 1. The maximum Gasteiger partial charge on any atom is 0.156 e. The van der Waals surface area contributed by atoms with Crippen LogP contribution in [0, 0.1) is 5.41 Å². The Kier molecular flexibility index (Phi) is 5.12. The summed E-state index contributed by atoms with van der Waals surface area (Å²) in [7, 11) is 0. The van der Waals surface area contributed by atoms with E-state index in [0.29, 0.717) is 5.41 Å². The highest BCUT2D eigenvalue weighted by Crippen LogP contribution is 2.41. The third kappa shape index (κ3) is 4.17. The van der Waals surface area contributed by atoms with E-state index in [9.17, 15) is 0 Å². The molecule has 0 saturated heterocycles. The van der Waals surface area contributed by atoms with Crippen LogP contribution in [-0.4, -0.2) is 24.0 Å². The molecule has 1 aliphatic heterocycles. The SMILES string of the molecule is Clc1ccc(CCNC2=NCC3(CCCCC3)CS2)cc1. The molecule has 1 fully saturated rings. The van der Waals surface area contributed by atoms with Crippen LogP contribution in [0.3, 0.4) is 0 Å². The molecule has 4 heteroatoms. The summed E-state index contributed by atoms with van der Waals surface area (Å²) in [5.74, 6) is 1.25. The number of aliphatic imine (C=N–C) groups is 1. The van der Waals surface area contributed by atoms with Gasteiger partial charge in [0.05, 0.1) is 0 Å². The third-order valence-electron chi connectivity index (χ3n) is 4.59. The maximum absolute atomic E-state index is 5.90. The molecule has 21 heavy (non-hydrogen) atoms. The van der Waals surface area contributed by atoms with Gasteiger partial charge in [-0.2, -0.15) is 0 Å². The van der Waals surface area contributed by atoms with E-state index in [1.807, 2.05) is 23.9 Å². The van der Waals surface area contributed by atoms with E-state index in [4.69, 9.17) is 16.6 Å². The van der Waals surface area contributed by atoms with E-state index in [0.717, 1.165) is 29.7 Å². The molecule has 1 heterocycles. The summed E-state index contributed by atoms with van der Waals surface area (Å²) >= 11 is 7.82. The second-order valence-corrected chi connectivity index (χ2v) is 7.67. The Morgan fingerprint density at radius 3 is 2.57 bits per heavy atom. The Morgan fingerprint density at radius 2 is 1.90 bits per heavy atom. The minimum Gasteiger partial charge on any atom is -0.365 e. The molecule has 0 aromatic heterocycles. The van der Waals surface area contributed by atoms with Gasteiger partial charge < -0.3 is 5.32 Å². The number of hydrogen-bond acceptors (Lipinski definition) is 3. The van der Waals surface area contributed by atoms with Crippen molar-refractivity contribution in [1.82, 2.24) is 5.32 Å². The highest BCUT2D eigenvalue weighted by Gasteiger charge is 2.34. The van der Waals surface area contributed by atoms with Gasteiger partial charge in [0, 0.05) is 23.9 Å². The predicted octanol–water partition coefficient (Wildman–Crippen LogP) is 4.53. The van der Waals surface area contributed by atoms with Gasteiger partial charge in [-0.25, -0.2) is 0 Å². The average Bonchev–Trinajstić information content (AvgIpc) is 2.52. The van der Waals surface area contributed by atoms with Crippen LogP contribution in [-0.2, 0) is 6.42 Å². The first-order valence-corrected chi connectivity index (χ1v) is 9.28. The molecule has 0 atom stereocenters. The zero-order valence-electron chi connectivity index (χ0n) is 12.4. The van der Waals surface area contributed by atoms with Crippen molar-refractivity contribution >= 4 is 28.5 Å². The van der Waals surface area contributed by atoms with Gasteiger partial charge in [-0.3, -0.25) is 4.99 Å². The van der Waals surface area contributed by atoms with Gasteiger partial charge in [-0.1, -0.05) is 54.8 Å². The minimum atomic E-state index is 0.518. The molecule has 2 aliphatic rings. The molecule has 3 rings (SSSR count). The monoisotopic (exact) mass is 322 g/mol. The molecule has 1 aliphatic carbocycles. The first kappa shape index (κ1) is 15.2. The Morgan fingerprint density at radius 1 is 1.14 bits per heavy atom. The summed E-state index contributed by atoms with van der Waals surface area (Å²) in [4.78, 5) is 4.80. The number of halogens is 1. The van der Waals surface area contributed by atoms with E-state index < -0.39 is 0 Å². The smallest absolute Gasteiger partial charge is 0.156 e. The van der Waals surface area contributed by atoms with Crippen molar-refractivity contribution < 1.29 is 0 Å². The van der Waals surface area contributed by atoms with Gasteiger partial charge in [-0.15, -0.1) is 0 Å². The molecule has 0 radical (unpaired) electrons. The number of rotatable bonds is 3. The number of benzene rings is 1. The lowest BCUT2D eigenvalue weighted by molar-refractivity contribution is 0.232. The number of nitrogens with one attached hydrogen (secondary N) is 1. The highest BCUT2D eigenvalue weighted by atomic mass is 35.5. The molecule has 0 unspecified atom stereocenters.